The van der Waals surface area contributed by atoms with Crippen LogP contribution in [0.25, 0.3) is 11.0 Å². The van der Waals surface area contributed by atoms with Gasteiger partial charge in [-0.25, -0.2) is 14.5 Å². The third-order valence-corrected chi connectivity index (χ3v) is 5.37. The number of aromatic nitrogens is 3. The number of nitrogens with one attached hydrogen (secondary N) is 1. The number of carbonyl (C=O) groups excluding carboxylic acids is 1. The molecule has 30 heavy (non-hydrogen) atoms. The largest absolute Gasteiger partial charge is 0.444 e. The summed E-state index contributed by atoms with van der Waals surface area (Å²) < 4.78 is 7.44. The van der Waals surface area contributed by atoms with E-state index in [1.54, 1.807) is 4.90 Å². The highest BCUT2D eigenvalue weighted by atomic mass is 16.6. The van der Waals surface area contributed by atoms with Crippen LogP contribution in [0.2, 0.25) is 0 Å². The lowest BCUT2D eigenvalue weighted by Gasteiger charge is -2.34. The number of carbonyl (C=O) groups is 1. The molecular formula is C22H34N6O2. The van der Waals surface area contributed by atoms with Gasteiger partial charge in [-0.1, -0.05) is 6.92 Å². The summed E-state index contributed by atoms with van der Waals surface area (Å²) in [7, 11) is 0. The first-order valence-electron chi connectivity index (χ1n) is 10.8. The maximum atomic E-state index is 12.4. The number of hydrogen-bond donors (Lipinski definition) is 1. The van der Waals surface area contributed by atoms with Crippen LogP contribution in [0.5, 0.6) is 0 Å². The average Bonchev–Trinajstić information content (AvgIpc) is 3.11. The molecule has 0 aliphatic carbocycles. The van der Waals surface area contributed by atoms with Crippen LogP contribution >= 0.6 is 0 Å². The van der Waals surface area contributed by atoms with Crippen LogP contribution < -0.4 is 5.32 Å². The molecule has 1 amide bonds. The Labute approximate surface area is 178 Å². The van der Waals surface area contributed by atoms with E-state index in [4.69, 9.17) is 9.72 Å². The van der Waals surface area contributed by atoms with Crippen molar-refractivity contribution < 1.29 is 9.53 Å². The van der Waals surface area contributed by atoms with Gasteiger partial charge in [0.1, 0.15) is 5.60 Å². The normalized spacial score (nSPS) is 15.4. The number of fused-ring (bicyclic) bond motifs is 1. The smallest absolute Gasteiger partial charge is 0.410 e. The Hall–Kier alpha value is -2.64. The van der Waals surface area contributed by atoms with E-state index in [1.165, 1.54) is 0 Å². The molecule has 0 spiro atoms. The molecule has 0 bridgehead atoms. The summed E-state index contributed by atoms with van der Waals surface area (Å²) in [6.45, 7) is 16.2. The van der Waals surface area contributed by atoms with Gasteiger partial charge in [0.15, 0.2) is 5.65 Å². The summed E-state index contributed by atoms with van der Waals surface area (Å²) >= 11 is 0. The molecule has 0 unspecified atom stereocenters. The zero-order chi connectivity index (χ0) is 21.9. The van der Waals surface area contributed by atoms with Crippen LogP contribution in [0, 0.1) is 0 Å². The predicted molar refractivity (Wildman–Crippen MR) is 120 cm³/mol. The van der Waals surface area contributed by atoms with Gasteiger partial charge in [-0.2, -0.15) is 5.10 Å². The van der Waals surface area contributed by atoms with Crippen molar-refractivity contribution in [3.63, 3.8) is 0 Å². The van der Waals surface area contributed by atoms with Gasteiger partial charge < -0.3 is 15.0 Å². The molecule has 0 atom stereocenters. The first-order valence-corrected chi connectivity index (χ1v) is 10.8. The molecule has 1 saturated heterocycles. The van der Waals surface area contributed by atoms with Gasteiger partial charge in [0.25, 0.3) is 0 Å². The zero-order valence-electron chi connectivity index (χ0n) is 18.9. The number of hydrogen-bond acceptors (Lipinski definition) is 6. The number of aryl methyl sites for hydroxylation is 2. The fraction of sp³-hybridized carbons (Fsp3) is 0.636. The highest BCUT2D eigenvalue weighted by molar-refractivity contribution is 5.91. The lowest BCUT2D eigenvalue weighted by Crippen LogP contribution is -2.44. The fourth-order valence-electron chi connectivity index (χ4n) is 3.88. The summed E-state index contributed by atoms with van der Waals surface area (Å²) in [6.07, 6.45) is 4.18. The monoisotopic (exact) mass is 414 g/mol. The number of piperidine rings is 1. The van der Waals surface area contributed by atoms with Crippen molar-refractivity contribution in [1.29, 1.82) is 0 Å². The van der Waals surface area contributed by atoms with E-state index in [-0.39, 0.29) is 12.1 Å². The Morgan fingerprint density at radius 2 is 2.03 bits per heavy atom. The zero-order valence-corrected chi connectivity index (χ0v) is 18.9. The van der Waals surface area contributed by atoms with E-state index in [0.717, 1.165) is 53.8 Å². The van der Waals surface area contributed by atoms with Crippen LogP contribution in [-0.4, -0.2) is 57.2 Å². The van der Waals surface area contributed by atoms with Gasteiger partial charge in [-0.05, 0) is 53.7 Å². The number of pyridine rings is 1. The van der Waals surface area contributed by atoms with Crippen molar-refractivity contribution in [3.8, 4) is 0 Å². The fourth-order valence-corrected chi connectivity index (χ4v) is 3.88. The number of likely N-dealkylation sites (tertiary alicyclic amines) is 1. The molecule has 0 radical (unpaired) electrons. The molecule has 1 fully saturated rings. The average molecular weight is 415 g/mol. The van der Waals surface area contributed by atoms with Crippen LogP contribution in [0.4, 0.5) is 10.5 Å². The van der Waals surface area contributed by atoms with Crippen molar-refractivity contribution in [1.82, 2.24) is 19.7 Å². The minimum atomic E-state index is -0.475. The number of aliphatic imine (C=N–C) groups is 1. The summed E-state index contributed by atoms with van der Waals surface area (Å²) in [5, 5.41) is 9.27. The van der Waals surface area contributed by atoms with Gasteiger partial charge in [0.2, 0.25) is 0 Å². The van der Waals surface area contributed by atoms with Crippen molar-refractivity contribution in [2.75, 3.05) is 18.4 Å². The van der Waals surface area contributed by atoms with Crippen molar-refractivity contribution >= 4 is 29.5 Å². The second-order valence-electron chi connectivity index (χ2n) is 8.73. The summed E-state index contributed by atoms with van der Waals surface area (Å²) in [5.74, 6) is 0. The molecule has 8 nitrogen and oxygen atoms in total. The third-order valence-electron chi connectivity index (χ3n) is 5.37. The lowest BCUT2D eigenvalue weighted by atomic mass is 10.0. The number of anilines is 1. The first kappa shape index (κ1) is 22.1. The molecule has 3 heterocycles. The van der Waals surface area contributed by atoms with E-state index in [0.29, 0.717) is 19.6 Å². The van der Waals surface area contributed by atoms with Crippen molar-refractivity contribution in [3.05, 3.63) is 17.5 Å². The summed E-state index contributed by atoms with van der Waals surface area (Å²) in [6, 6.07) is 0.257. The van der Waals surface area contributed by atoms with Crippen molar-refractivity contribution in [2.45, 2.75) is 78.6 Å². The topological polar surface area (TPSA) is 84.6 Å². The second kappa shape index (κ2) is 9.02. The second-order valence-corrected chi connectivity index (χ2v) is 8.73. The molecule has 2 aromatic rings. The lowest BCUT2D eigenvalue weighted by molar-refractivity contribution is 0.0210. The highest BCUT2D eigenvalue weighted by Crippen LogP contribution is 2.32. The molecule has 1 aliphatic heterocycles. The molecular weight excluding hydrogens is 380 g/mol. The van der Waals surface area contributed by atoms with Gasteiger partial charge in [-0.15, -0.1) is 0 Å². The third kappa shape index (κ3) is 4.74. The molecule has 1 N–H and O–H groups in total. The van der Waals surface area contributed by atoms with Gasteiger partial charge in [0, 0.05) is 36.9 Å². The maximum Gasteiger partial charge on any atom is 0.410 e. The van der Waals surface area contributed by atoms with E-state index in [2.05, 4.69) is 36.0 Å². The molecule has 0 saturated carbocycles. The molecule has 164 valence electrons. The molecule has 1 aliphatic rings. The summed E-state index contributed by atoms with van der Waals surface area (Å²) in [5.41, 5.74) is 3.59. The highest BCUT2D eigenvalue weighted by Gasteiger charge is 2.28. The maximum absolute atomic E-state index is 12.4. The van der Waals surface area contributed by atoms with Crippen LogP contribution in [-0.2, 0) is 24.2 Å². The molecule has 3 rings (SSSR count). The molecule has 2 aromatic heterocycles. The van der Waals surface area contributed by atoms with E-state index in [1.807, 2.05) is 31.6 Å². The number of amides is 1. The van der Waals surface area contributed by atoms with E-state index < -0.39 is 5.60 Å². The van der Waals surface area contributed by atoms with Crippen LogP contribution in [0.3, 0.4) is 0 Å². The number of rotatable bonds is 6. The minimum Gasteiger partial charge on any atom is -0.444 e. The van der Waals surface area contributed by atoms with Crippen molar-refractivity contribution in [2.24, 2.45) is 4.99 Å². The van der Waals surface area contributed by atoms with E-state index in [9.17, 15) is 4.79 Å². The Bertz CT molecular complexity index is 906. The Balaban J connectivity index is 1.82. The standard InChI is InChI=1S/C22H34N6O2/c1-7-18-16(13-23-6)19(17-14-24-28(8-2)20(17)26-18)25-15-9-11-27(12-10-15)21(29)30-22(3,4)5/h14-15H,6-13H2,1-5H3,(H,25,26). The Kier molecular flexibility index (Phi) is 6.63. The van der Waals surface area contributed by atoms with E-state index >= 15 is 0 Å². The van der Waals surface area contributed by atoms with Crippen LogP contribution in [0.15, 0.2) is 11.2 Å². The Morgan fingerprint density at radius 1 is 1.33 bits per heavy atom. The molecule has 8 heteroatoms. The summed E-state index contributed by atoms with van der Waals surface area (Å²) in [4.78, 5) is 23.2. The van der Waals surface area contributed by atoms with Gasteiger partial charge in [-0.3, -0.25) is 4.99 Å². The van der Waals surface area contributed by atoms with Gasteiger partial charge in [0.05, 0.1) is 23.8 Å². The van der Waals surface area contributed by atoms with Gasteiger partial charge >= 0.3 is 6.09 Å². The number of ether oxygens (including phenoxy) is 1. The number of nitrogens with zero attached hydrogens (tertiary/aromatic N) is 5. The quantitative estimate of drug-likeness (QED) is 0.722. The first-order chi connectivity index (χ1) is 14.3. The Morgan fingerprint density at radius 3 is 2.60 bits per heavy atom. The molecule has 0 aromatic carbocycles. The minimum absolute atomic E-state index is 0.235. The SMILES string of the molecule is C=NCc1c(CC)nc2c(cnn2CC)c1NC1CCN(C(=O)OC(C)(C)C)CC1. The van der Waals surface area contributed by atoms with Crippen LogP contribution in [0.1, 0.15) is 58.7 Å². The predicted octanol–water partition coefficient (Wildman–Crippen LogP) is 4.03.